The molecule has 0 aromatic rings. The Morgan fingerprint density at radius 3 is 2.05 bits per heavy atom. The van der Waals surface area contributed by atoms with Gasteiger partial charge in [-0.05, 0) is 5.92 Å². The molecule has 0 rings (SSSR count). The summed E-state index contributed by atoms with van der Waals surface area (Å²) >= 11 is 0. The van der Waals surface area contributed by atoms with Crippen LogP contribution in [0.1, 0.15) is 26.7 Å². The molecule has 3 atom stereocenters. The van der Waals surface area contributed by atoms with Crippen molar-refractivity contribution in [3.63, 3.8) is 0 Å². The number of nitrogens with one attached hydrogen (secondary N) is 2. The zero-order valence-electron chi connectivity index (χ0n) is 11.3. The average Bonchev–Trinajstić information content (AvgIpc) is 2.33. The van der Waals surface area contributed by atoms with Crippen LogP contribution >= 0.6 is 0 Å². The van der Waals surface area contributed by atoms with Gasteiger partial charge in [-0.2, -0.15) is 0 Å². The van der Waals surface area contributed by atoms with E-state index < -0.39 is 42.4 Å². The fourth-order valence-corrected chi connectivity index (χ4v) is 1.49. The number of aliphatic carboxylic acids is 2. The molecule has 0 spiro atoms. The summed E-state index contributed by atoms with van der Waals surface area (Å²) in [5, 5.41) is 21.7. The fourth-order valence-electron chi connectivity index (χ4n) is 1.49. The predicted molar refractivity (Wildman–Crippen MR) is 67.8 cm³/mol. The summed E-state index contributed by atoms with van der Waals surface area (Å²) in [5.41, 5.74) is 4.95. The molecule has 0 bridgehead atoms. The molecule has 0 aliphatic carbocycles. The summed E-state index contributed by atoms with van der Waals surface area (Å²) < 4.78 is 0. The van der Waals surface area contributed by atoms with Gasteiger partial charge >= 0.3 is 18.0 Å². The van der Waals surface area contributed by atoms with Crippen molar-refractivity contribution >= 4 is 23.9 Å². The lowest BCUT2D eigenvalue weighted by atomic mass is 9.98. The van der Waals surface area contributed by atoms with Crippen LogP contribution in [-0.4, -0.2) is 46.2 Å². The van der Waals surface area contributed by atoms with E-state index in [-0.39, 0.29) is 5.92 Å². The number of rotatable bonds is 8. The third-order valence-corrected chi connectivity index (χ3v) is 2.79. The van der Waals surface area contributed by atoms with Gasteiger partial charge in [-0.3, -0.25) is 9.59 Å². The topological polar surface area (TPSA) is 159 Å². The summed E-state index contributed by atoms with van der Waals surface area (Å²) in [6.07, 6.45) is -0.222. The van der Waals surface area contributed by atoms with Gasteiger partial charge < -0.3 is 26.6 Å². The number of hydrogen-bond acceptors (Lipinski definition) is 4. The quantitative estimate of drug-likeness (QED) is 0.390. The summed E-state index contributed by atoms with van der Waals surface area (Å²) in [7, 11) is 0. The number of carboxylic acid groups (broad SMARTS) is 2. The van der Waals surface area contributed by atoms with Crippen LogP contribution in [0.15, 0.2) is 0 Å². The molecule has 3 unspecified atom stereocenters. The smallest absolute Gasteiger partial charge is 0.326 e. The highest BCUT2D eigenvalue weighted by Gasteiger charge is 2.30. The first-order valence-corrected chi connectivity index (χ1v) is 5.99. The highest BCUT2D eigenvalue weighted by Crippen LogP contribution is 2.08. The molecule has 0 aromatic heterocycles. The van der Waals surface area contributed by atoms with Crippen LogP contribution in [0, 0.1) is 5.92 Å². The van der Waals surface area contributed by atoms with Gasteiger partial charge in [-0.25, -0.2) is 9.59 Å². The first-order chi connectivity index (χ1) is 9.18. The van der Waals surface area contributed by atoms with Gasteiger partial charge in [0.05, 0.1) is 6.42 Å². The third kappa shape index (κ3) is 6.03. The van der Waals surface area contributed by atoms with Gasteiger partial charge in [0.1, 0.15) is 12.1 Å². The van der Waals surface area contributed by atoms with Crippen molar-refractivity contribution in [2.24, 2.45) is 11.7 Å². The second-order valence-corrected chi connectivity index (χ2v) is 4.37. The van der Waals surface area contributed by atoms with Crippen molar-refractivity contribution in [1.29, 1.82) is 0 Å². The normalized spacial score (nSPS) is 14.7. The van der Waals surface area contributed by atoms with Crippen molar-refractivity contribution < 1.29 is 29.4 Å². The number of hydrogen-bond donors (Lipinski definition) is 5. The van der Waals surface area contributed by atoms with E-state index in [0.717, 1.165) is 0 Å². The van der Waals surface area contributed by atoms with E-state index in [1.807, 2.05) is 0 Å². The maximum atomic E-state index is 11.9. The first-order valence-electron chi connectivity index (χ1n) is 5.99. The van der Waals surface area contributed by atoms with Crippen LogP contribution in [-0.2, 0) is 14.4 Å². The van der Waals surface area contributed by atoms with Crippen molar-refractivity contribution in [2.75, 3.05) is 0 Å². The highest BCUT2D eigenvalue weighted by molar-refractivity contribution is 5.91. The van der Waals surface area contributed by atoms with Gasteiger partial charge in [0.2, 0.25) is 5.91 Å². The molecular weight excluding hydrogens is 270 g/mol. The Balaban J connectivity index is 4.91. The lowest BCUT2D eigenvalue weighted by molar-refractivity contribution is -0.147. The molecular formula is C11H19N3O6. The molecule has 9 heteroatoms. The van der Waals surface area contributed by atoms with Crippen LogP contribution < -0.4 is 16.4 Å². The third-order valence-electron chi connectivity index (χ3n) is 2.79. The minimum absolute atomic E-state index is 0.290. The first kappa shape index (κ1) is 17.7. The van der Waals surface area contributed by atoms with Crippen LogP contribution in [0.2, 0.25) is 0 Å². The number of carboxylic acids is 2. The Morgan fingerprint density at radius 2 is 1.70 bits per heavy atom. The Kier molecular flexibility index (Phi) is 7.05. The number of amides is 3. The predicted octanol–water partition coefficient (Wildman–Crippen LogP) is -0.886. The second kappa shape index (κ2) is 7.97. The van der Waals surface area contributed by atoms with E-state index in [9.17, 15) is 19.2 Å². The van der Waals surface area contributed by atoms with Gasteiger partial charge in [0.25, 0.3) is 0 Å². The molecule has 0 fully saturated rings. The van der Waals surface area contributed by atoms with Gasteiger partial charge in [-0.15, -0.1) is 0 Å². The number of carbonyl (C=O) groups is 4. The molecule has 6 N–H and O–H groups in total. The van der Waals surface area contributed by atoms with Crippen LogP contribution in [0.3, 0.4) is 0 Å². The molecule has 0 aromatic carbocycles. The zero-order valence-corrected chi connectivity index (χ0v) is 11.3. The van der Waals surface area contributed by atoms with Crippen LogP contribution in [0.25, 0.3) is 0 Å². The molecule has 0 aliphatic rings. The molecule has 0 aliphatic heterocycles. The highest BCUT2D eigenvalue weighted by atomic mass is 16.4. The zero-order chi connectivity index (χ0) is 15.9. The van der Waals surface area contributed by atoms with Crippen LogP contribution in [0.4, 0.5) is 4.79 Å². The number of nitrogens with two attached hydrogens (primary N) is 1. The second-order valence-electron chi connectivity index (χ2n) is 4.37. The Hall–Kier alpha value is -2.32. The van der Waals surface area contributed by atoms with E-state index in [2.05, 4.69) is 10.6 Å². The van der Waals surface area contributed by atoms with E-state index in [1.54, 1.807) is 13.8 Å². The molecule has 3 amide bonds. The van der Waals surface area contributed by atoms with Crippen molar-refractivity contribution in [3.8, 4) is 0 Å². The minimum atomic E-state index is -1.57. The molecule has 0 radical (unpaired) electrons. The van der Waals surface area contributed by atoms with Gasteiger partial charge in [0.15, 0.2) is 0 Å². The summed E-state index contributed by atoms with van der Waals surface area (Å²) in [6.45, 7) is 3.45. The Morgan fingerprint density at radius 1 is 1.15 bits per heavy atom. The maximum Gasteiger partial charge on any atom is 0.326 e. The fraction of sp³-hybridized carbons (Fsp3) is 0.636. The lowest BCUT2D eigenvalue weighted by Gasteiger charge is -2.24. The summed E-state index contributed by atoms with van der Waals surface area (Å²) in [5.74, 6) is -3.91. The standard InChI is InChI=1S/C11H19N3O6/c1-3-5(2)8(14-11(12)20)9(17)13-6(10(18)19)4-7(15)16/h5-6,8H,3-4H2,1-2H3,(H,13,17)(H,15,16)(H,18,19)(H3,12,14,20). The molecule has 20 heavy (non-hydrogen) atoms. The number of urea groups is 1. The lowest BCUT2D eigenvalue weighted by Crippen LogP contribution is -2.55. The SMILES string of the molecule is CCC(C)C(NC(N)=O)C(=O)NC(CC(=O)O)C(=O)O. The molecule has 114 valence electrons. The largest absolute Gasteiger partial charge is 0.481 e. The van der Waals surface area contributed by atoms with E-state index in [1.165, 1.54) is 0 Å². The minimum Gasteiger partial charge on any atom is -0.481 e. The molecule has 0 saturated heterocycles. The Labute approximate surface area is 115 Å². The van der Waals surface area contributed by atoms with Crippen molar-refractivity contribution in [2.45, 2.75) is 38.8 Å². The van der Waals surface area contributed by atoms with Gasteiger partial charge in [0, 0.05) is 0 Å². The summed E-state index contributed by atoms with van der Waals surface area (Å²) in [4.78, 5) is 44.2. The van der Waals surface area contributed by atoms with Crippen molar-refractivity contribution in [1.82, 2.24) is 10.6 Å². The Bertz CT molecular complexity index is 398. The number of carbonyl (C=O) groups excluding carboxylic acids is 2. The van der Waals surface area contributed by atoms with E-state index in [0.29, 0.717) is 6.42 Å². The van der Waals surface area contributed by atoms with Crippen molar-refractivity contribution in [3.05, 3.63) is 0 Å². The van der Waals surface area contributed by atoms with Gasteiger partial charge in [-0.1, -0.05) is 20.3 Å². The molecule has 0 heterocycles. The van der Waals surface area contributed by atoms with Crippen LogP contribution in [0.5, 0.6) is 0 Å². The number of primary amides is 1. The van der Waals surface area contributed by atoms with E-state index in [4.69, 9.17) is 15.9 Å². The monoisotopic (exact) mass is 289 g/mol. The average molecular weight is 289 g/mol. The van der Waals surface area contributed by atoms with E-state index >= 15 is 0 Å². The molecule has 9 nitrogen and oxygen atoms in total. The molecule has 0 saturated carbocycles. The maximum absolute atomic E-state index is 11.9. The summed E-state index contributed by atoms with van der Waals surface area (Å²) in [6, 6.07) is -3.51.